The van der Waals surface area contributed by atoms with E-state index in [1.54, 1.807) is 0 Å². The third-order valence-corrected chi connectivity index (χ3v) is 5.67. The number of aliphatic hydroxyl groups is 1. The SMILES string of the molecule is CCCC1(CO)CCN(C(=O)[C@H]2OCC(=O)N[C@@H]2c2ccccc2)CC1. The van der Waals surface area contributed by atoms with E-state index >= 15 is 0 Å². The molecule has 26 heavy (non-hydrogen) atoms. The van der Waals surface area contributed by atoms with E-state index in [9.17, 15) is 14.7 Å². The Balaban J connectivity index is 1.71. The van der Waals surface area contributed by atoms with Crippen LogP contribution in [0.5, 0.6) is 0 Å². The van der Waals surface area contributed by atoms with Crippen molar-refractivity contribution in [3.63, 3.8) is 0 Å². The normalized spacial score (nSPS) is 25.6. The maximum absolute atomic E-state index is 13.1. The number of hydrogen-bond donors (Lipinski definition) is 2. The van der Waals surface area contributed by atoms with Crippen molar-refractivity contribution in [3.8, 4) is 0 Å². The predicted octanol–water partition coefficient (Wildman–Crippen LogP) is 1.64. The number of nitrogens with one attached hydrogen (secondary N) is 1. The number of aliphatic hydroxyl groups excluding tert-OH is 1. The molecule has 0 radical (unpaired) electrons. The van der Waals surface area contributed by atoms with E-state index < -0.39 is 12.1 Å². The molecule has 2 saturated heterocycles. The van der Waals surface area contributed by atoms with Crippen molar-refractivity contribution in [3.05, 3.63) is 35.9 Å². The second kappa shape index (κ2) is 8.18. The first-order chi connectivity index (χ1) is 12.6. The molecule has 2 N–H and O–H groups in total. The zero-order chi connectivity index (χ0) is 18.6. The lowest BCUT2D eigenvalue weighted by atomic mass is 9.75. The summed E-state index contributed by atoms with van der Waals surface area (Å²) in [7, 11) is 0. The van der Waals surface area contributed by atoms with Crippen molar-refractivity contribution in [1.29, 1.82) is 0 Å². The van der Waals surface area contributed by atoms with Crippen LogP contribution in [0.25, 0.3) is 0 Å². The number of likely N-dealkylation sites (tertiary alicyclic amines) is 1. The summed E-state index contributed by atoms with van der Waals surface area (Å²) in [4.78, 5) is 26.7. The third kappa shape index (κ3) is 3.91. The van der Waals surface area contributed by atoms with Gasteiger partial charge in [0.05, 0.1) is 6.04 Å². The lowest BCUT2D eigenvalue weighted by Gasteiger charge is -2.43. The fourth-order valence-electron chi connectivity index (χ4n) is 4.08. The molecule has 1 aromatic rings. The Bertz CT molecular complexity index is 626. The van der Waals surface area contributed by atoms with Crippen LogP contribution < -0.4 is 5.32 Å². The monoisotopic (exact) mass is 360 g/mol. The van der Waals surface area contributed by atoms with Crippen LogP contribution in [-0.2, 0) is 14.3 Å². The number of benzene rings is 1. The Kier molecular flexibility index (Phi) is 5.94. The number of carbonyl (C=O) groups excluding carboxylic acids is 2. The highest BCUT2D eigenvalue weighted by Crippen LogP contribution is 2.36. The van der Waals surface area contributed by atoms with Crippen molar-refractivity contribution >= 4 is 11.8 Å². The maximum atomic E-state index is 13.1. The van der Waals surface area contributed by atoms with Crippen LogP contribution >= 0.6 is 0 Å². The fourth-order valence-corrected chi connectivity index (χ4v) is 4.08. The maximum Gasteiger partial charge on any atom is 0.254 e. The van der Waals surface area contributed by atoms with Crippen LogP contribution in [0, 0.1) is 5.41 Å². The second-order valence-electron chi connectivity index (χ2n) is 7.42. The summed E-state index contributed by atoms with van der Waals surface area (Å²) in [6.45, 7) is 3.44. The first-order valence-corrected chi connectivity index (χ1v) is 9.44. The Labute approximate surface area is 154 Å². The lowest BCUT2D eigenvalue weighted by Crippen LogP contribution is -2.55. The topological polar surface area (TPSA) is 78.9 Å². The van der Waals surface area contributed by atoms with E-state index in [4.69, 9.17) is 4.74 Å². The summed E-state index contributed by atoms with van der Waals surface area (Å²) in [6.07, 6.45) is 2.91. The average molecular weight is 360 g/mol. The quantitative estimate of drug-likeness (QED) is 0.837. The van der Waals surface area contributed by atoms with Crippen LogP contribution in [0.15, 0.2) is 30.3 Å². The standard InChI is InChI=1S/C20H28N2O4/c1-2-8-20(14-23)9-11-22(12-10-20)19(25)18-17(21-16(24)13-26-18)15-6-4-3-5-7-15/h3-7,17-18,23H,2,8-14H2,1H3,(H,21,24)/t17-,18+/m1/s1. The van der Waals surface area contributed by atoms with Gasteiger partial charge in [-0.25, -0.2) is 0 Å². The smallest absolute Gasteiger partial charge is 0.254 e. The van der Waals surface area contributed by atoms with Gasteiger partial charge in [-0.05, 0) is 30.2 Å². The number of ether oxygens (including phenoxy) is 1. The number of rotatable bonds is 5. The van der Waals surface area contributed by atoms with Crippen LogP contribution in [-0.4, -0.2) is 54.2 Å². The summed E-state index contributed by atoms with van der Waals surface area (Å²) in [5.74, 6) is -0.286. The summed E-state index contributed by atoms with van der Waals surface area (Å²) >= 11 is 0. The Morgan fingerprint density at radius 1 is 1.31 bits per heavy atom. The molecular formula is C20H28N2O4. The van der Waals surface area contributed by atoms with Gasteiger partial charge < -0.3 is 20.1 Å². The van der Waals surface area contributed by atoms with Gasteiger partial charge in [-0.1, -0.05) is 43.7 Å². The highest BCUT2D eigenvalue weighted by atomic mass is 16.5. The van der Waals surface area contributed by atoms with E-state index in [-0.39, 0.29) is 30.4 Å². The van der Waals surface area contributed by atoms with Gasteiger partial charge >= 0.3 is 0 Å². The summed E-state index contributed by atoms with van der Waals surface area (Å²) < 4.78 is 5.65. The molecule has 0 saturated carbocycles. The molecule has 2 heterocycles. The molecule has 0 unspecified atom stereocenters. The van der Waals surface area contributed by atoms with E-state index in [2.05, 4.69) is 12.2 Å². The molecular weight excluding hydrogens is 332 g/mol. The third-order valence-electron chi connectivity index (χ3n) is 5.67. The molecule has 0 aliphatic carbocycles. The minimum atomic E-state index is -0.706. The summed E-state index contributed by atoms with van der Waals surface area (Å²) in [5.41, 5.74) is 0.804. The largest absolute Gasteiger partial charge is 0.396 e. The van der Waals surface area contributed by atoms with Crippen molar-refractivity contribution in [2.24, 2.45) is 5.41 Å². The van der Waals surface area contributed by atoms with Gasteiger partial charge in [0.25, 0.3) is 5.91 Å². The van der Waals surface area contributed by atoms with E-state index in [1.807, 2.05) is 35.2 Å². The predicted molar refractivity (Wildman–Crippen MR) is 97.3 cm³/mol. The molecule has 2 aliphatic rings. The first kappa shape index (κ1) is 18.9. The number of amides is 2. The van der Waals surface area contributed by atoms with E-state index in [0.29, 0.717) is 13.1 Å². The highest BCUT2D eigenvalue weighted by Gasteiger charge is 2.41. The molecule has 142 valence electrons. The highest BCUT2D eigenvalue weighted by molar-refractivity contribution is 5.86. The fraction of sp³-hybridized carbons (Fsp3) is 0.600. The molecule has 2 atom stereocenters. The number of morpholine rings is 1. The van der Waals surface area contributed by atoms with Crippen LogP contribution in [0.4, 0.5) is 0 Å². The molecule has 0 aromatic heterocycles. The van der Waals surface area contributed by atoms with Crippen molar-refractivity contribution < 1.29 is 19.4 Å². The molecule has 1 aromatic carbocycles. The lowest BCUT2D eigenvalue weighted by molar-refractivity contribution is -0.157. The minimum Gasteiger partial charge on any atom is -0.396 e. The summed E-state index contributed by atoms with van der Waals surface area (Å²) in [6, 6.07) is 9.00. The minimum absolute atomic E-state index is 0.0635. The van der Waals surface area contributed by atoms with Gasteiger partial charge in [0.15, 0.2) is 6.10 Å². The number of hydrogen-bond acceptors (Lipinski definition) is 4. The van der Waals surface area contributed by atoms with Gasteiger partial charge in [-0.3, -0.25) is 9.59 Å². The average Bonchev–Trinajstić information content (AvgIpc) is 2.69. The molecule has 2 amide bonds. The molecule has 2 fully saturated rings. The Morgan fingerprint density at radius 2 is 2.00 bits per heavy atom. The van der Waals surface area contributed by atoms with Crippen LogP contribution in [0.2, 0.25) is 0 Å². The van der Waals surface area contributed by atoms with Gasteiger partial charge in [0.1, 0.15) is 6.61 Å². The van der Waals surface area contributed by atoms with Gasteiger partial charge in [-0.15, -0.1) is 0 Å². The van der Waals surface area contributed by atoms with Gasteiger partial charge in [0.2, 0.25) is 5.91 Å². The van der Waals surface area contributed by atoms with Crippen molar-refractivity contribution in [2.45, 2.75) is 44.8 Å². The van der Waals surface area contributed by atoms with Gasteiger partial charge in [0, 0.05) is 19.7 Å². The first-order valence-electron chi connectivity index (χ1n) is 9.44. The Morgan fingerprint density at radius 3 is 2.62 bits per heavy atom. The second-order valence-corrected chi connectivity index (χ2v) is 7.42. The molecule has 0 spiro atoms. The zero-order valence-electron chi connectivity index (χ0n) is 15.3. The van der Waals surface area contributed by atoms with Crippen LogP contribution in [0.1, 0.15) is 44.2 Å². The number of nitrogens with zero attached hydrogens (tertiary/aromatic N) is 1. The van der Waals surface area contributed by atoms with Crippen LogP contribution in [0.3, 0.4) is 0 Å². The number of carbonyl (C=O) groups is 2. The molecule has 3 rings (SSSR count). The number of piperidine rings is 1. The zero-order valence-corrected chi connectivity index (χ0v) is 15.3. The van der Waals surface area contributed by atoms with E-state index in [1.165, 1.54) is 0 Å². The molecule has 6 nitrogen and oxygen atoms in total. The van der Waals surface area contributed by atoms with Gasteiger partial charge in [-0.2, -0.15) is 0 Å². The Hall–Kier alpha value is -1.92. The van der Waals surface area contributed by atoms with Crippen molar-refractivity contribution in [2.75, 3.05) is 26.3 Å². The summed E-state index contributed by atoms with van der Waals surface area (Å²) in [5, 5.41) is 12.7. The van der Waals surface area contributed by atoms with Crippen molar-refractivity contribution in [1.82, 2.24) is 10.2 Å². The molecule has 6 heteroatoms. The van der Waals surface area contributed by atoms with E-state index in [0.717, 1.165) is 31.2 Å². The molecule has 0 bridgehead atoms. The molecule has 2 aliphatic heterocycles.